The summed E-state index contributed by atoms with van der Waals surface area (Å²) >= 11 is 6.04. The Morgan fingerprint density at radius 2 is 1.67 bits per heavy atom. The third-order valence-electron chi connectivity index (χ3n) is 6.23. The van der Waals surface area contributed by atoms with Crippen molar-refractivity contribution in [3.05, 3.63) is 88.9 Å². The Bertz CT molecular complexity index is 1380. The van der Waals surface area contributed by atoms with Gasteiger partial charge in [0.2, 0.25) is 11.8 Å². The zero-order valence-electron chi connectivity index (χ0n) is 22.6. The molecule has 2 amide bonds. The second-order valence-electron chi connectivity index (χ2n) is 8.99. The van der Waals surface area contributed by atoms with E-state index in [0.29, 0.717) is 23.7 Å². The van der Waals surface area contributed by atoms with Crippen LogP contribution < -0.4 is 14.4 Å². The van der Waals surface area contributed by atoms with Crippen LogP contribution in [0, 0.1) is 6.92 Å². The number of ether oxygens (including phenoxy) is 1. The molecular weight excluding hydrogens is 538 g/mol. The van der Waals surface area contributed by atoms with E-state index in [0.717, 1.165) is 15.4 Å². The molecule has 1 N–H and O–H groups in total. The fourth-order valence-electron chi connectivity index (χ4n) is 4.13. The Morgan fingerprint density at radius 3 is 2.26 bits per heavy atom. The van der Waals surface area contributed by atoms with Crippen LogP contribution in [0.3, 0.4) is 0 Å². The quantitative estimate of drug-likeness (QED) is 0.337. The Balaban J connectivity index is 2.07. The number of carbonyl (C=O) groups is 2. The highest BCUT2D eigenvalue weighted by atomic mass is 35.5. The van der Waals surface area contributed by atoms with E-state index in [-0.39, 0.29) is 23.0 Å². The molecule has 0 aliphatic rings. The first kappa shape index (κ1) is 30.0. The Labute approximate surface area is 235 Å². The summed E-state index contributed by atoms with van der Waals surface area (Å²) in [5.41, 5.74) is 1.92. The first-order valence-corrected chi connectivity index (χ1v) is 14.5. The first-order valence-electron chi connectivity index (χ1n) is 12.7. The van der Waals surface area contributed by atoms with Crippen molar-refractivity contribution in [3.63, 3.8) is 0 Å². The summed E-state index contributed by atoms with van der Waals surface area (Å²) in [4.78, 5) is 28.4. The zero-order chi connectivity index (χ0) is 28.6. The molecule has 208 valence electrons. The molecule has 1 atom stereocenters. The van der Waals surface area contributed by atoms with Gasteiger partial charge in [-0.1, -0.05) is 54.4 Å². The Hall–Kier alpha value is -3.56. The summed E-state index contributed by atoms with van der Waals surface area (Å²) in [5.74, 6) is -0.394. The molecule has 0 unspecified atom stereocenters. The van der Waals surface area contributed by atoms with Crippen molar-refractivity contribution in [1.82, 2.24) is 10.2 Å². The van der Waals surface area contributed by atoms with Crippen molar-refractivity contribution in [1.29, 1.82) is 0 Å². The van der Waals surface area contributed by atoms with Crippen LogP contribution in [0.4, 0.5) is 5.69 Å². The molecule has 0 aromatic heterocycles. The van der Waals surface area contributed by atoms with Crippen molar-refractivity contribution in [2.24, 2.45) is 0 Å². The Kier molecular flexibility index (Phi) is 10.4. The lowest BCUT2D eigenvalue weighted by atomic mass is 10.1. The molecule has 0 radical (unpaired) electrons. The van der Waals surface area contributed by atoms with Crippen molar-refractivity contribution >= 4 is 39.1 Å². The number of carbonyl (C=O) groups excluding carboxylic acids is 2. The number of aryl methyl sites for hydroxylation is 1. The van der Waals surface area contributed by atoms with Gasteiger partial charge in [0.25, 0.3) is 10.0 Å². The van der Waals surface area contributed by atoms with E-state index < -0.39 is 28.5 Å². The van der Waals surface area contributed by atoms with E-state index in [4.69, 9.17) is 16.3 Å². The largest absolute Gasteiger partial charge is 0.497 e. The number of halogens is 1. The lowest BCUT2D eigenvalue weighted by Crippen LogP contribution is -2.52. The van der Waals surface area contributed by atoms with Crippen LogP contribution in [0.2, 0.25) is 5.02 Å². The fourth-order valence-corrected chi connectivity index (χ4v) is 5.66. The topological polar surface area (TPSA) is 96.0 Å². The van der Waals surface area contributed by atoms with Gasteiger partial charge >= 0.3 is 0 Å². The van der Waals surface area contributed by atoms with Gasteiger partial charge in [-0.25, -0.2) is 8.42 Å². The molecular formula is C29H34ClN3O5S. The molecule has 10 heteroatoms. The second kappa shape index (κ2) is 13.5. The van der Waals surface area contributed by atoms with Gasteiger partial charge in [0, 0.05) is 24.2 Å². The maximum atomic E-state index is 14.0. The number of hydrogen-bond donors (Lipinski definition) is 1. The predicted octanol–water partition coefficient (Wildman–Crippen LogP) is 4.80. The third-order valence-corrected chi connectivity index (χ3v) is 8.27. The third kappa shape index (κ3) is 7.52. The highest BCUT2D eigenvalue weighted by Gasteiger charge is 2.33. The number of likely N-dealkylation sites (N-methyl/N-ethyl adjacent to an activating group) is 1. The summed E-state index contributed by atoms with van der Waals surface area (Å²) in [7, 11) is -2.67. The molecule has 0 spiro atoms. The van der Waals surface area contributed by atoms with E-state index in [1.807, 2.05) is 13.8 Å². The average molecular weight is 572 g/mol. The molecule has 0 bridgehead atoms. The molecule has 0 saturated heterocycles. The van der Waals surface area contributed by atoms with Crippen molar-refractivity contribution < 1.29 is 22.7 Å². The minimum absolute atomic E-state index is 0.0451. The van der Waals surface area contributed by atoms with E-state index in [1.54, 1.807) is 67.6 Å². The van der Waals surface area contributed by atoms with Crippen LogP contribution in [0.5, 0.6) is 5.75 Å². The molecule has 3 rings (SSSR count). The van der Waals surface area contributed by atoms with Gasteiger partial charge < -0.3 is 15.0 Å². The van der Waals surface area contributed by atoms with Gasteiger partial charge in [0.15, 0.2) is 0 Å². The number of amides is 2. The summed E-state index contributed by atoms with van der Waals surface area (Å²) < 4.78 is 34.2. The van der Waals surface area contributed by atoms with Gasteiger partial charge in [0.1, 0.15) is 18.3 Å². The minimum atomic E-state index is -4.15. The molecule has 0 aliphatic heterocycles. The number of hydrogen-bond acceptors (Lipinski definition) is 5. The Morgan fingerprint density at radius 1 is 1.00 bits per heavy atom. The maximum Gasteiger partial charge on any atom is 0.264 e. The number of sulfonamides is 1. The van der Waals surface area contributed by atoms with E-state index in [9.17, 15) is 18.0 Å². The van der Waals surface area contributed by atoms with Crippen molar-refractivity contribution in [2.45, 2.75) is 44.7 Å². The molecule has 0 fully saturated rings. The lowest BCUT2D eigenvalue weighted by Gasteiger charge is -2.33. The number of benzene rings is 3. The SMILES string of the molecule is CCNC(=O)[C@@H](CC)N(Cc1ccc(Cl)cc1)C(=O)CN(c1cccc(OC)c1)S(=O)(=O)c1ccc(C)cc1. The molecule has 39 heavy (non-hydrogen) atoms. The summed E-state index contributed by atoms with van der Waals surface area (Å²) in [5, 5.41) is 3.33. The number of rotatable bonds is 12. The van der Waals surface area contributed by atoms with Crippen LogP contribution >= 0.6 is 11.6 Å². The van der Waals surface area contributed by atoms with Crippen LogP contribution in [0.15, 0.2) is 77.7 Å². The second-order valence-corrected chi connectivity index (χ2v) is 11.3. The molecule has 3 aromatic carbocycles. The van der Waals surface area contributed by atoms with E-state index in [1.165, 1.54) is 24.1 Å². The minimum Gasteiger partial charge on any atom is -0.497 e. The van der Waals surface area contributed by atoms with Gasteiger partial charge in [-0.2, -0.15) is 0 Å². The van der Waals surface area contributed by atoms with Crippen molar-refractivity contribution in [2.75, 3.05) is 24.5 Å². The highest BCUT2D eigenvalue weighted by molar-refractivity contribution is 7.92. The lowest BCUT2D eigenvalue weighted by molar-refractivity contribution is -0.140. The maximum absolute atomic E-state index is 14.0. The highest BCUT2D eigenvalue weighted by Crippen LogP contribution is 2.28. The smallest absolute Gasteiger partial charge is 0.264 e. The van der Waals surface area contributed by atoms with Crippen LogP contribution in [0.25, 0.3) is 0 Å². The summed E-state index contributed by atoms with van der Waals surface area (Å²) in [6.07, 6.45) is 0.342. The number of methoxy groups -OCH3 is 1. The molecule has 0 saturated carbocycles. The van der Waals surface area contributed by atoms with Crippen molar-refractivity contribution in [3.8, 4) is 5.75 Å². The normalized spacial score (nSPS) is 11.9. The summed E-state index contributed by atoms with van der Waals surface area (Å²) in [6, 6.07) is 19.1. The molecule has 3 aromatic rings. The number of nitrogens with zero attached hydrogens (tertiary/aromatic N) is 2. The van der Waals surface area contributed by atoms with Crippen LogP contribution in [0.1, 0.15) is 31.4 Å². The molecule has 0 heterocycles. The van der Waals surface area contributed by atoms with Gasteiger partial charge in [-0.05, 0) is 62.2 Å². The standard InChI is InChI=1S/C29H34ClN3O5S/c1-5-27(29(35)31-6-2)32(19-22-12-14-23(30)15-13-22)28(34)20-33(24-8-7-9-25(18-24)38-4)39(36,37)26-16-10-21(3)11-17-26/h7-18,27H,5-6,19-20H2,1-4H3,(H,31,35)/t27-/m1/s1. The first-order chi connectivity index (χ1) is 18.6. The monoisotopic (exact) mass is 571 g/mol. The van der Waals surface area contributed by atoms with Gasteiger partial charge in [0.05, 0.1) is 17.7 Å². The average Bonchev–Trinajstić information content (AvgIpc) is 2.92. The van der Waals surface area contributed by atoms with Gasteiger partial charge in [-0.3, -0.25) is 13.9 Å². The predicted molar refractivity (Wildman–Crippen MR) is 153 cm³/mol. The van der Waals surface area contributed by atoms with E-state index >= 15 is 0 Å². The molecule has 8 nitrogen and oxygen atoms in total. The van der Waals surface area contributed by atoms with Gasteiger partial charge in [-0.15, -0.1) is 0 Å². The fraction of sp³-hybridized carbons (Fsp3) is 0.310. The summed E-state index contributed by atoms with van der Waals surface area (Å²) in [6.45, 7) is 5.45. The van der Waals surface area contributed by atoms with Crippen LogP contribution in [-0.2, 0) is 26.2 Å². The van der Waals surface area contributed by atoms with Crippen LogP contribution in [-0.4, -0.2) is 51.4 Å². The van der Waals surface area contributed by atoms with E-state index in [2.05, 4.69) is 5.32 Å². The zero-order valence-corrected chi connectivity index (χ0v) is 24.1. The number of anilines is 1. The molecule has 0 aliphatic carbocycles. The number of nitrogens with one attached hydrogen (secondary N) is 1.